The van der Waals surface area contributed by atoms with Gasteiger partial charge in [-0.1, -0.05) is 19.8 Å². The van der Waals surface area contributed by atoms with Crippen molar-refractivity contribution in [1.29, 1.82) is 0 Å². The first kappa shape index (κ1) is 17.0. The molecule has 3 rings (SSSR count). The van der Waals surface area contributed by atoms with E-state index in [9.17, 15) is 9.59 Å². The van der Waals surface area contributed by atoms with E-state index in [0.29, 0.717) is 6.42 Å². The first-order valence-electron chi connectivity index (χ1n) is 8.62. The zero-order valence-corrected chi connectivity index (χ0v) is 14.2. The molecule has 0 aromatic carbocycles. The van der Waals surface area contributed by atoms with Gasteiger partial charge in [-0.05, 0) is 31.6 Å². The summed E-state index contributed by atoms with van der Waals surface area (Å²) >= 11 is 6.61. The van der Waals surface area contributed by atoms with Gasteiger partial charge < -0.3 is 14.8 Å². The highest BCUT2D eigenvalue weighted by atomic mass is 35.5. The Hall–Kier alpha value is -0.850. The van der Waals surface area contributed by atoms with Crippen LogP contribution in [0.4, 0.5) is 4.79 Å². The maximum absolute atomic E-state index is 12.0. The Morgan fingerprint density at radius 2 is 2.13 bits per heavy atom. The summed E-state index contributed by atoms with van der Waals surface area (Å²) in [6.07, 6.45) is 5.16. The Morgan fingerprint density at radius 1 is 1.30 bits per heavy atom. The number of fused-ring (bicyclic) bond motifs is 2. The highest BCUT2D eigenvalue weighted by molar-refractivity contribution is 6.21. The third-order valence-electron chi connectivity index (χ3n) is 5.11. The van der Waals surface area contributed by atoms with Crippen LogP contribution in [-0.4, -0.2) is 42.4 Å². The van der Waals surface area contributed by atoms with Crippen molar-refractivity contribution < 1.29 is 19.1 Å². The number of hydrogen-bond donors (Lipinski definition) is 2. The number of rotatable bonds is 5. The molecule has 3 amide bonds. The van der Waals surface area contributed by atoms with Gasteiger partial charge in [0, 0.05) is 6.61 Å². The molecule has 2 aliphatic heterocycles. The first-order chi connectivity index (χ1) is 11.1. The van der Waals surface area contributed by atoms with Crippen LogP contribution in [0.1, 0.15) is 45.4 Å². The summed E-state index contributed by atoms with van der Waals surface area (Å²) in [5.41, 5.74) is 0. The summed E-state index contributed by atoms with van der Waals surface area (Å²) < 4.78 is 11.9. The summed E-state index contributed by atoms with van der Waals surface area (Å²) in [5.74, 6) is -0.323. The van der Waals surface area contributed by atoms with E-state index in [2.05, 4.69) is 17.6 Å². The van der Waals surface area contributed by atoms with Gasteiger partial charge in [-0.15, -0.1) is 11.6 Å². The molecule has 1 aliphatic carbocycles. The molecule has 6 nitrogen and oxygen atoms in total. The van der Waals surface area contributed by atoms with Crippen LogP contribution in [0.5, 0.6) is 0 Å². The number of unbranched alkanes of at least 4 members (excludes halogenated alkanes) is 2. The number of urea groups is 1. The molecule has 130 valence electrons. The van der Waals surface area contributed by atoms with Gasteiger partial charge in [-0.25, -0.2) is 4.79 Å². The highest BCUT2D eigenvalue weighted by Gasteiger charge is 2.50. The minimum Gasteiger partial charge on any atom is -0.377 e. The molecule has 7 heteroatoms. The van der Waals surface area contributed by atoms with Crippen molar-refractivity contribution in [2.24, 2.45) is 11.8 Å². The Morgan fingerprint density at radius 3 is 2.91 bits per heavy atom. The average molecular weight is 345 g/mol. The van der Waals surface area contributed by atoms with E-state index in [1.165, 1.54) is 0 Å². The van der Waals surface area contributed by atoms with E-state index >= 15 is 0 Å². The van der Waals surface area contributed by atoms with E-state index in [1.807, 2.05) is 0 Å². The van der Waals surface area contributed by atoms with Crippen LogP contribution in [0.2, 0.25) is 0 Å². The number of alkyl halides is 1. The Balaban J connectivity index is 1.59. The first-order valence-corrected chi connectivity index (χ1v) is 9.06. The van der Waals surface area contributed by atoms with Crippen LogP contribution in [-0.2, 0) is 14.3 Å². The summed E-state index contributed by atoms with van der Waals surface area (Å²) in [6.45, 7) is 2.89. The zero-order chi connectivity index (χ0) is 16.4. The molecule has 3 fully saturated rings. The van der Waals surface area contributed by atoms with E-state index in [4.69, 9.17) is 21.1 Å². The van der Waals surface area contributed by atoms with E-state index in [-0.39, 0.29) is 35.3 Å². The Kier molecular flexibility index (Phi) is 5.44. The molecule has 2 saturated heterocycles. The third kappa shape index (κ3) is 3.64. The van der Waals surface area contributed by atoms with Crippen molar-refractivity contribution in [2.45, 2.75) is 69.3 Å². The second-order valence-corrected chi connectivity index (χ2v) is 7.23. The van der Waals surface area contributed by atoms with Gasteiger partial charge in [0.15, 0.2) is 0 Å². The van der Waals surface area contributed by atoms with Gasteiger partial charge in [0.25, 0.3) is 0 Å². The number of halogens is 1. The van der Waals surface area contributed by atoms with Gasteiger partial charge in [0.1, 0.15) is 6.23 Å². The molecule has 3 aliphatic rings. The molecule has 0 radical (unpaired) electrons. The van der Waals surface area contributed by atoms with Crippen molar-refractivity contribution in [1.82, 2.24) is 10.6 Å². The molecule has 0 aromatic rings. The molecule has 6 atom stereocenters. The van der Waals surface area contributed by atoms with Crippen LogP contribution < -0.4 is 10.6 Å². The van der Waals surface area contributed by atoms with Crippen molar-refractivity contribution in [3.8, 4) is 0 Å². The molecule has 0 aromatic heterocycles. The second-order valence-electron chi connectivity index (χ2n) is 6.72. The van der Waals surface area contributed by atoms with E-state index in [0.717, 1.165) is 38.7 Å². The average Bonchev–Trinajstić information content (AvgIpc) is 2.52. The summed E-state index contributed by atoms with van der Waals surface area (Å²) in [7, 11) is 0. The number of hydrogen-bond acceptors (Lipinski definition) is 4. The number of ether oxygens (including phenoxy) is 2. The van der Waals surface area contributed by atoms with Crippen LogP contribution in [0.3, 0.4) is 0 Å². The Labute approximate surface area is 141 Å². The van der Waals surface area contributed by atoms with Gasteiger partial charge in [0.2, 0.25) is 5.91 Å². The van der Waals surface area contributed by atoms with Crippen LogP contribution >= 0.6 is 11.6 Å². The molecular formula is C16H25ClN2O4. The monoisotopic (exact) mass is 344 g/mol. The lowest BCUT2D eigenvalue weighted by molar-refractivity contribution is -0.170. The van der Waals surface area contributed by atoms with Crippen LogP contribution in [0, 0.1) is 11.8 Å². The number of imide groups is 1. The van der Waals surface area contributed by atoms with Crippen molar-refractivity contribution in [3.63, 3.8) is 0 Å². The maximum atomic E-state index is 12.0. The molecule has 2 heterocycles. The number of amides is 3. The van der Waals surface area contributed by atoms with Crippen LogP contribution in [0.25, 0.3) is 0 Å². The second kappa shape index (κ2) is 7.36. The summed E-state index contributed by atoms with van der Waals surface area (Å²) in [4.78, 5) is 23.4. The van der Waals surface area contributed by atoms with Crippen molar-refractivity contribution in [2.75, 3.05) is 6.61 Å². The van der Waals surface area contributed by atoms with Gasteiger partial charge in [-0.3, -0.25) is 10.1 Å². The lowest BCUT2D eigenvalue weighted by atomic mass is 9.76. The topological polar surface area (TPSA) is 76.7 Å². The minimum absolute atomic E-state index is 0.0144. The fourth-order valence-electron chi connectivity index (χ4n) is 3.84. The largest absolute Gasteiger partial charge is 0.377 e. The molecule has 6 unspecified atom stereocenters. The summed E-state index contributed by atoms with van der Waals surface area (Å²) in [6, 6.07) is -0.496. The maximum Gasteiger partial charge on any atom is 0.323 e. The zero-order valence-electron chi connectivity index (χ0n) is 13.4. The smallest absolute Gasteiger partial charge is 0.323 e. The fraction of sp³-hybridized carbons (Fsp3) is 0.875. The van der Waals surface area contributed by atoms with E-state index < -0.39 is 12.3 Å². The molecule has 23 heavy (non-hydrogen) atoms. The molecule has 1 saturated carbocycles. The predicted octanol–water partition coefficient (Wildman–Crippen LogP) is 2.15. The Bertz CT molecular complexity index is 461. The molecule has 0 spiro atoms. The molecule has 2 N–H and O–H groups in total. The van der Waals surface area contributed by atoms with Gasteiger partial charge in [-0.2, -0.15) is 0 Å². The molecule has 0 bridgehead atoms. The van der Waals surface area contributed by atoms with Gasteiger partial charge in [0.05, 0.1) is 23.5 Å². The van der Waals surface area contributed by atoms with Gasteiger partial charge >= 0.3 is 6.03 Å². The number of nitrogens with one attached hydrogen (secondary N) is 2. The summed E-state index contributed by atoms with van der Waals surface area (Å²) in [5, 5.41) is 4.75. The standard InChI is InChI=1S/C16H25ClN2O4/c1-2-3-4-7-22-11-6-5-9-8-10-14(20)18-16(21)19-15(10)23-13(9)12(11)17/h9-13,15H,2-8H2,1H3,(H2,18,19,20,21). The molecular weight excluding hydrogens is 320 g/mol. The number of carbonyl (C=O) groups is 2. The lowest BCUT2D eigenvalue weighted by Gasteiger charge is -2.48. The highest BCUT2D eigenvalue weighted by Crippen LogP contribution is 2.41. The number of carbonyl (C=O) groups excluding carboxylic acids is 2. The van der Waals surface area contributed by atoms with Crippen molar-refractivity contribution in [3.05, 3.63) is 0 Å². The van der Waals surface area contributed by atoms with Crippen molar-refractivity contribution >= 4 is 23.5 Å². The minimum atomic E-state index is -0.572. The van der Waals surface area contributed by atoms with E-state index in [1.54, 1.807) is 0 Å². The normalized spacial score (nSPS) is 39.9. The fourth-order valence-corrected chi connectivity index (χ4v) is 4.30. The SMILES string of the molecule is CCCCCOC1CCC2CC3C(=O)NC(=O)NC3OC2C1Cl. The van der Waals surface area contributed by atoms with Crippen LogP contribution in [0.15, 0.2) is 0 Å². The third-order valence-corrected chi connectivity index (χ3v) is 5.64. The lowest BCUT2D eigenvalue weighted by Crippen LogP contribution is -2.65. The predicted molar refractivity (Wildman–Crippen MR) is 85.1 cm³/mol. The quantitative estimate of drug-likeness (QED) is 0.592.